The average molecular weight is 319 g/mol. The molecule has 1 saturated heterocycles. The minimum Gasteiger partial charge on any atom is -0.374 e. The van der Waals surface area contributed by atoms with Gasteiger partial charge in [0.2, 0.25) is 5.91 Å². The van der Waals surface area contributed by atoms with Gasteiger partial charge in [0.1, 0.15) is 0 Å². The largest absolute Gasteiger partial charge is 0.374 e. The third-order valence-corrected chi connectivity index (χ3v) is 4.41. The third-order valence-electron chi connectivity index (χ3n) is 4.41. The van der Waals surface area contributed by atoms with Crippen molar-refractivity contribution in [1.29, 1.82) is 0 Å². The smallest absolute Gasteiger partial charge is 0.234 e. The number of nitrogens with zero attached hydrogens (tertiary/aromatic N) is 1. The highest BCUT2D eigenvalue weighted by molar-refractivity contribution is 5.78. The summed E-state index contributed by atoms with van der Waals surface area (Å²) in [4.78, 5) is 14.3. The van der Waals surface area contributed by atoms with E-state index in [1.54, 1.807) is 0 Å². The standard InChI is InChI=1S/C18H29N3O2/c1-13-5-6-16(9-14(13)2)15(3)20-18(22)11-19-10-17-12-21(4)7-8-23-17/h5-6,9,15,17,19H,7-8,10-12H2,1-4H3,(H,20,22)/t15-,17-/m1/s1. The van der Waals surface area contributed by atoms with Gasteiger partial charge in [-0.1, -0.05) is 18.2 Å². The number of hydrogen-bond donors (Lipinski definition) is 2. The predicted octanol–water partition coefficient (Wildman–Crippen LogP) is 1.40. The van der Waals surface area contributed by atoms with E-state index >= 15 is 0 Å². The van der Waals surface area contributed by atoms with Gasteiger partial charge in [-0.15, -0.1) is 0 Å². The molecule has 1 aromatic rings. The summed E-state index contributed by atoms with van der Waals surface area (Å²) < 4.78 is 5.67. The van der Waals surface area contributed by atoms with Crippen LogP contribution >= 0.6 is 0 Å². The molecule has 23 heavy (non-hydrogen) atoms. The monoisotopic (exact) mass is 319 g/mol. The number of amides is 1. The van der Waals surface area contributed by atoms with Gasteiger partial charge in [-0.05, 0) is 44.5 Å². The van der Waals surface area contributed by atoms with Crippen LogP contribution in [0.3, 0.4) is 0 Å². The van der Waals surface area contributed by atoms with Crippen molar-refractivity contribution in [2.45, 2.75) is 32.9 Å². The molecule has 0 aromatic heterocycles. The molecule has 1 aromatic carbocycles. The van der Waals surface area contributed by atoms with Gasteiger partial charge >= 0.3 is 0 Å². The Kier molecular flexibility index (Phi) is 6.57. The normalized spacial score (nSPS) is 20.3. The second kappa shape index (κ2) is 8.43. The molecule has 0 bridgehead atoms. The fourth-order valence-electron chi connectivity index (χ4n) is 2.75. The summed E-state index contributed by atoms with van der Waals surface area (Å²) in [6, 6.07) is 6.33. The van der Waals surface area contributed by atoms with Gasteiger partial charge in [0.05, 0.1) is 25.3 Å². The lowest BCUT2D eigenvalue weighted by atomic mass is 10.0. The van der Waals surface area contributed by atoms with E-state index in [-0.39, 0.29) is 18.1 Å². The van der Waals surface area contributed by atoms with Crippen LogP contribution in [0.5, 0.6) is 0 Å². The maximum atomic E-state index is 12.1. The summed E-state index contributed by atoms with van der Waals surface area (Å²) in [5, 5.41) is 6.23. The minimum atomic E-state index is 0.0138. The first-order valence-corrected chi connectivity index (χ1v) is 8.33. The second-order valence-electron chi connectivity index (χ2n) is 6.52. The predicted molar refractivity (Wildman–Crippen MR) is 92.6 cm³/mol. The zero-order chi connectivity index (χ0) is 16.8. The summed E-state index contributed by atoms with van der Waals surface area (Å²) in [6.07, 6.45) is 0.165. The maximum absolute atomic E-state index is 12.1. The number of nitrogens with one attached hydrogen (secondary N) is 2. The lowest BCUT2D eigenvalue weighted by Gasteiger charge is -2.30. The van der Waals surface area contributed by atoms with E-state index in [0.717, 1.165) is 25.3 Å². The van der Waals surface area contributed by atoms with Crippen LogP contribution in [-0.2, 0) is 9.53 Å². The van der Waals surface area contributed by atoms with Crippen molar-refractivity contribution in [3.8, 4) is 0 Å². The Hall–Kier alpha value is -1.43. The highest BCUT2D eigenvalue weighted by Gasteiger charge is 2.17. The Labute approximate surface area is 139 Å². The van der Waals surface area contributed by atoms with Gasteiger partial charge in [-0.2, -0.15) is 0 Å². The molecule has 0 aliphatic carbocycles. The molecular formula is C18H29N3O2. The Morgan fingerprint density at radius 3 is 2.87 bits per heavy atom. The zero-order valence-electron chi connectivity index (χ0n) is 14.7. The Morgan fingerprint density at radius 1 is 1.39 bits per heavy atom. The molecule has 1 amide bonds. The van der Waals surface area contributed by atoms with Gasteiger partial charge in [-0.25, -0.2) is 0 Å². The van der Waals surface area contributed by atoms with Crippen LogP contribution in [0.25, 0.3) is 0 Å². The molecule has 1 aliphatic rings. The van der Waals surface area contributed by atoms with E-state index in [9.17, 15) is 4.79 Å². The molecule has 0 spiro atoms. The number of carbonyl (C=O) groups is 1. The lowest BCUT2D eigenvalue weighted by molar-refractivity contribution is -0.121. The molecule has 1 heterocycles. The summed E-state index contributed by atoms with van der Waals surface area (Å²) in [5.41, 5.74) is 3.66. The number of morpholine rings is 1. The van der Waals surface area contributed by atoms with Crippen molar-refractivity contribution in [2.24, 2.45) is 0 Å². The Balaban J connectivity index is 1.72. The molecule has 1 fully saturated rings. The summed E-state index contributed by atoms with van der Waals surface area (Å²) in [6.45, 7) is 9.87. The minimum absolute atomic E-state index is 0.0138. The average Bonchev–Trinajstić information content (AvgIpc) is 2.50. The molecule has 1 aliphatic heterocycles. The number of aryl methyl sites for hydroxylation is 2. The van der Waals surface area contributed by atoms with Crippen LogP contribution in [-0.4, -0.2) is 56.7 Å². The zero-order valence-corrected chi connectivity index (χ0v) is 14.7. The van der Waals surface area contributed by atoms with Crippen molar-refractivity contribution < 1.29 is 9.53 Å². The molecule has 128 valence electrons. The van der Waals surface area contributed by atoms with Crippen molar-refractivity contribution in [3.05, 3.63) is 34.9 Å². The van der Waals surface area contributed by atoms with Gasteiger partial charge in [0.25, 0.3) is 0 Å². The van der Waals surface area contributed by atoms with E-state index in [0.29, 0.717) is 13.1 Å². The highest BCUT2D eigenvalue weighted by Crippen LogP contribution is 2.16. The summed E-state index contributed by atoms with van der Waals surface area (Å²) in [7, 11) is 2.09. The van der Waals surface area contributed by atoms with E-state index in [1.807, 2.05) is 6.92 Å². The van der Waals surface area contributed by atoms with Crippen LogP contribution in [0.15, 0.2) is 18.2 Å². The second-order valence-corrected chi connectivity index (χ2v) is 6.52. The fourth-order valence-corrected chi connectivity index (χ4v) is 2.75. The molecule has 2 N–H and O–H groups in total. The molecule has 5 heteroatoms. The van der Waals surface area contributed by atoms with Crippen LogP contribution < -0.4 is 10.6 Å². The molecule has 2 atom stereocenters. The quantitative estimate of drug-likeness (QED) is 0.832. The Morgan fingerprint density at radius 2 is 2.17 bits per heavy atom. The van der Waals surface area contributed by atoms with Crippen LogP contribution in [0.2, 0.25) is 0 Å². The fraction of sp³-hybridized carbons (Fsp3) is 0.611. The Bertz CT molecular complexity index is 533. The first-order valence-electron chi connectivity index (χ1n) is 8.33. The van der Waals surface area contributed by atoms with Gasteiger partial charge in [0, 0.05) is 19.6 Å². The molecule has 0 radical (unpaired) electrons. The van der Waals surface area contributed by atoms with Crippen LogP contribution in [0.1, 0.15) is 29.7 Å². The number of rotatable bonds is 6. The van der Waals surface area contributed by atoms with Crippen LogP contribution in [0.4, 0.5) is 0 Å². The SMILES string of the molecule is Cc1ccc([C@@H](C)NC(=O)CNC[C@@H]2CN(C)CCO2)cc1C. The number of ether oxygens (including phenoxy) is 1. The number of carbonyl (C=O) groups excluding carboxylic acids is 1. The van der Waals surface area contributed by atoms with Crippen molar-refractivity contribution in [3.63, 3.8) is 0 Å². The first-order chi connectivity index (χ1) is 11.0. The molecule has 5 nitrogen and oxygen atoms in total. The molecule has 2 rings (SSSR count). The number of hydrogen-bond acceptors (Lipinski definition) is 4. The van der Waals surface area contributed by atoms with Gasteiger partial charge < -0.3 is 20.3 Å². The third kappa shape index (κ3) is 5.61. The maximum Gasteiger partial charge on any atom is 0.234 e. The molecule has 0 unspecified atom stereocenters. The van der Waals surface area contributed by atoms with Crippen LogP contribution in [0, 0.1) is 13.8 Å². The lowest BCUT2D eigenvalue weighted by Crippen LogP contribution is -2.46. The van der Waals surface area contributed by atoms with E-state index in [4.69, 9.17) is 4.74 Å². The van der Waals surface area contributed by atoms with Gasteiger partial charge in [0.15, 0.2) is 0 Å². The number of benzene rings is 1. The van der Waals surface area contributed by atoms with Gasteiger partial charge in [-0.3, -0.25) is 4.79 Å². The summed E-state index contributed by atoms with van der Waals surface area (Å²) in [5.74, 6) is 0.0138. The highest BCUT2D eigenvalue weighted by atomic mass is 16.5. The topological polar surface area (TPSA) is 53.6 Å². The van der Waals surface area contributed by atoms with Crippen molar-refractivity contribution >= 4 is 5.91 Å². The van der Waals surface area contributed by atoms with E-state index < -0.39 is 0 Å². The number of likely N-dealkylation sites (N-methyl/N-ethyl adjacent to an activating group) is 1. The molecule has 0 saturated carbocycles. The van der Waals surface area contributed by atoms with E-state index in [2.05, 4.69) is 54.6 Å². The first kappa shape index (κ1) is 17.9. The van der Waals surface area contributed by atoms with Crippen molar-refractivity contribution in [2.75, 3.05) is 39.8 Å². The molecular weight excluding hydrogens is 290 g/mol. The summed E-state index contributed by atoms with van der Waals surface area (Å²) >= 11 is 0. The van der Waals surface area contributed by atoms with E-state index in [1.165, 1.54) is 11.1 Å². The van der Waals surface area contributed by atoms with Crippen molar-refractivity contribution in [1.82, 2.24) is 15.5 Å².